The molecule has 0 radical (unpaired) electrons. The Bertz CT molecular complexity index is 580. The fourth-order valence-corrected chi connectivity index (χ4v) is 3.79. The minimum absolute atomic E-state index is 0.0446. The first-order valence-electron chi connectivity index (χ1n) is 9.82. The Labute approximate surface area is 151 Å². The van der Waals surface area contributed by atoms with Crippen molar-refractivity contribution < 1.29 is 4.79 Å². The second-order valence-corrected chi connectivity index (χ2v) is 8.49. The molecule has 138 valence electrons. The molecule has 2 aliphatic rings. The maximum atomic E-state index is 12.8. The number of amides is 1. The largest absolute Gasteiger partial charge is 0.356 e. The van der Waals surface area contributed by atoms with Gasteiger partial charge in [0.2, 0.25) is 5.91 Å². The summed E-state index contributed by atoms with van der Waals surface area (Å²) in [6.45, 7) is 10.1. The summed E-state index contributed by atoms with van der Waals surface area (Å²) in [6.07, 6.45) is 8.60. The molecule has 0 N–H and O–H groups in total. The number of anilines is 1. The Morgan fingerprint density at radius 2 is 1.68 bits per heavy atom. The summed E-state index contributed by atoms with van der Waals surface area (Å²) in [7, 11) is 0. The summed E-state index contributed by atoms with van der Waals surface area (Å²) in [4.78, 5) is 26.4. The average Bonchev–Trinajstić information content (AvgIpc) is 2.90. The minimum atomic E-state index is -0.0446. The fourth-order valence-electron chi connectivity index (χ4n) is 3.79. The van der Waals surface area contributed by atoms with E-state index in [2.05, 4.69) is 35.6 Å². The first-order chi connectivity index (χ1) is 11.9. The van der Waals surface area contributed by atoms with Crippen LogP contribution in [0.25, 0.3) is 0 Å². The number of rotatable bonds is 2. The van der Waals surface area contributed by atoms with Gasteiger partial charge in [0.05, 0.1) is 0 Å². The smallest absolute Gasteiger partial charge is 0.225 e. The molecule has 2 fully saturated rings. The predicted molar refractivity (Wildman–Crippen MR) is 101 cm³/mol. The number of likely N-dealkylation sites (tertiary alicyclic amines) is 1. The molecule has 3 heterocycles. The minimum Gasteiger partial charge on any atom is -0.356 e. The lowest BCUT2D eigenvalue weighted by molar-refractivity contribution is -0.136. The van der Waals surface area contributed by atoms with Crippen LogP contribution in [0, 0.1) is 5.92 Å². The molecule has 0 atom stereocenters. The van der Waals surface area contributed by atoms with Gasteiger partial charge in [0, 0.05) is 43.7 Å². The molecule has 0 saturated carbocycles. The summed E-state index contributed by atoms with van der Waals surface area (Å²) in [6, 6.07) is 1.99. The third kappa shape index (κ3) is 4.50. The first kappa shape index (κ1) is 18.2. The second kappa shape index (κ2) is 7.71. The molecule has 2 aliphatic heterocycles. The predicted octanol–water partition coefficient (Wildman–Crippen LogP) is 3.39. The van der Waals surface area contributed by atoms with E-state index < -0.39 is 0 Å². The van der Waals surface area contributed by atoms with Crippen LogP contribution in [0.1, 0.15) is 65.1 Å². The topological polar surface area (TPSA) is 49.3 Å². The summed E-state index contributed by atoms with van der Waals surface area (Å²) in [5, 5.41) is 0. The highest BCUT2D eigenvalue weighted by Gasteiger charge is 2.29. The van der Waals surface area contributed by atoms with Crippen LogP contribution in [-0.2, 0) is 10.2 Å². The van der Waals surface area contributed by atoms with Gasteiger partial charge in [-0.2, -0.15) is 0 Å². The van der Waals surface area contributed by atoms with Gasteiger partial charge in [-0.3, -0.25) is 4.79 Å². The zero-order valence-electron chi connectivity index (χ0n) is 16.0. The van der Waals surface area contributed by atoms with Crippen LogP contribution in [0.15, 0.2) is 12.3 Å². The highest BCUT2D eigenvalue weighted by Crippen LogP contribution is 2.26. The van der Waals surface area contributed by atoms with Gasteiger partial charge in [-0.15, -0.1) is 0 Å². The molecule has 0 unspecified atom stereocenters. The van der Waals surface area contributed by atoms with Crippen molar-refractivity contribution in [2.24, 2.45) is 5.92 Å². The van der Waals surface area contributed by atoms with E-state index in [1.54, 1.807) is 0 Å². The van der Waals surface area contributed by atoms with Crippen LogP contribution in [0.2, 0.25) is 0 Å². The van der Waals surface area contributed by atoms with E-state index in [4.69, 9.17) is 4.98 Å². The molecule has 3 rings (SSSR count). The van der Waals surface area contributed by atoms with E-state index in [9.17, 15) is 4.79 Å². The monoisotopic (exact) mass is 344 g/mol. The van der Waals surface area contributed by atoms with E-state index in [1.165, 1.54) is 25.7 Å². The van der Waals surface area contributed by atoms with Crippen LogP contribution >= 0.6 is 0 Å². The highest BCUT2D eigenvalue weighted by atomic mass is 16.2. The standard InChI is InChI=1S/C20H32N4O/c1-20(2,3)19-21-11-8-17(22-19)23-14-9-16(10-15-23)18(25)24-12-6-4-5-7-13-24/h8,11,16H,4-7,9-10,12-15H2,1-3H3. The Morgan fingerprint density at radius 3 is 2.28 bits per heavy atom. The number of piperidine rings is 1. The molecule has 25 heavy (non-hydrogen) atoms. The van der Waals surface area contributed by atoms with Gasteiger partial charge < -0.3 is 9.80 Å². The Morgan fingerprint density at radius 1 is 1.04 bits per heavy atom. The van der Waals surface area contributed by atoms with E-state index in [0.29, 0.717) is 5.91 Å². The van der Waals surface area contributed by atoms with Gasteiger partial charge >= 0.3 is 0 Å². The molecule has 0 aliphatic carbocycles. The van der Waals surface area contributed by atoms with Crippen LogP contribution in [0.3, 0.4) is 0 Å². The number of carbonyl (C=O) groups excluding carboxylic acids is 1. The summed E-state index contributed by atoms with van der Waals surface area (Å²) >= 11 is 0. The van der Waals surface area contributed by atoms with Gasteiger partial charge in [0.15, 0.2) is 0 Å². The average molecular weight is 345 g/mol. The normalized spacial score (nSPS) is 20.4. The summed E-state index contributed by atoms with van der Waals surface area (Å²) in [5.41, 5.74) is -0.0446. The van der Waals surface area contributed by atoms with Crippen LogP contribution in [0.4, 0.5) is 5.82 Å². The van der Waals surface area contributed by atoms with Crippen molar-refractivity contribution in [3.8, 4) is 0 Å². The van der Waals surface area contributed by atoms with Gasteiger partial charge in [-0.25, -0.2) is 9.97 Å². The Balaban J connectivity index is 1.59. The van der Waals surface area contributed by atoms with Crippen LogP contribution in [-0.4, -0.2) is 47.0 Å². The van der Waals surface area contributed by atoms with Crippen LogP contribution < -0.4 is 4.90 Å². The Hall–Kier alpha value is -1.65. The molecule has 1 aromatic heterocycles. The van der Waals surface area contributed by atoms with Gasteiger partial charge in [-0.1, -0.05) is 33.6 Å². The molecular formula is C20H32N4O. The summed E-state index contributed by atoms with van der Waals surface area (Å²) < 4.78 is 0. The van der Waals surface area contributed by atoms with Crippen molar-refractivity contribution in [2.75, 3.05) is 31.1 Å². The fraction of sp³-hybridized carbons (Fsp3) is 0.750. The number of carbonyl (C=O) groups is 1. The van der Waals surface area contributed by atoms with E-state index in [1.807, 2.05) is 12.3 Å². The quantitative estimate of drug-likeness (QED) is 0.825. The van der Waals surface area contributed by atoms with E-state index >= 15 is 0 Å². The lowest BCUT2D eigenvalue weighted by Gasteiger charge is -2.35. The summed E-state index contributed by atoms with van der Waals surface area (Å²) in [5.74, 6) is 2.46. The second-order valence-electron chi connectivity index (χ2n) is 8.49. The molecule has 1 aromatic rings. The molecule has 5 nitrogen and oxygen atoms in total. The van der Waals surface area contributed by atoms with E-state index in [-0.39, 0.29) is 11.3 Å². The number of hydrogen-bond donors (Lipinski definition) is 0. The SMILES string of the molecule is CC(C)(C)c1nccc(N2CCC(C(=O)N3CCCCCC3)CC2)n1. The van der Waals surface area contributed by atoms with Gasteiger partial charge in [0.25, 0.3) is 0 Å². The van der Waals surface area contributed by atoms with Gasteiger partial charge in [0.1, 0.15) is 11.6 Å². The molecule has 1 amide bonds. The van der Waals surface area contributed by atoms with E-state index in [0.717, 1.165) is 50.7 Å². The van der Waals surface area contributed by atoms with Crippen molar-refractivity contribution >= 4 is 11.7 Å². The molecule has 5 heteroatoms. The van der Waals surface area contributed by atoms with Crippen LogP contribution in [0.5, 0.6) is 0 Å². The third-order valence-electron chi connectivity index (χ3n) is 5.40. The van der Waals surface area contributed by atoms with Crippen molar-refractivity contribution in [2.45, 2.75) is 64.7 Å². The first-order valence-corrected chi connectivity index (χ1v) is 9.82. The lowest BCUT2D eigenvalue weighted by Crippen LogP contribution is -2.43. The number of aromatic nitrogens is 2. The maximum absolute atomic E-state index is 12.8. The zero-order valence-corrected chi connectivity index (χ0v) is 16.0. The molecule has 0 spiro atoms. The number of nitrogens with zero attached hydrogens (tertiary/aromatic N) is 4. The van der Waals surface area contributed by atoms with Crippen molar-refractivity contribution in [3.63, 3.8) is 0 Å². The van der Waals surface area contributed by atoms with Crippen molar-refractivity contribution in [1.29, 1.82) is 0 Å². The maximum Gasteiger partial charge on any atom is 0.225 e. The van der Waals surface area contributed by atoms with Crippen molar-refractivity contribution in [1.82, 2.24) is 14.9 Å². The third-order valence-corrected chi connectivity index (χ3v) is 5.40. The van der Waals surface area contributed by atoms with Crippen molar-refractivity contribution in [3.05, 3.63) is 18.1 Å². The number of hydrogen-bond acceptors (Lipinski definition) is 4. The molecule has 2 saturated heterocycles. The lowest BCUT2D eigenvalue weighted by atomic mass is 9.94. The highest BCUT2D eigenvalue weighted by molar-refractivity contribution is 5.79. The molecule has 0 bridgehead atoms. The zero-order chi connectivity index (χ0) is 17.9. The molecular weight excluding hydrogens is 312 g/mol. The molecule has 0 aromatic carbocycles. The Kier molecular flexibility index (Phi) is 5.60. The van der Waals surface area contributed by atoms with Gasteiger partial charge in [-0.05, 0) is 31.7 Å².